The number of fused-ring (bicyclic) bond motifs is 1. The number of aldehydes is 1. The third-order valence-corrected chi connectivity index (χ3v) is 2.45. The van der Waals surface area contributed by atoms with Crippen LogP contribution in [0, 0.1) is 5.92 Å². The van der Waals surface area contributed by atoms with Crippen molar-refractivity contribution in [3.8, 4) is 0 Å². The Bertz CT molecular complexity index is 517. The molecule has 0 saturated heterocycles. The average Bonchev–Trinajstić information content (AvgIpc) is 2.70. The average molecular weight is 232 g/mol. The Kier molecular flexibility index (Phi) is 3.54. The van der Waals surface area contributed by atoms with Crippen molar-refractivity contribution in [2.24, 2.45) is 5.92 Å². The molecule has 2 rings (SSSR count). The quantitative estimate of drug-likeness (QED) is 0.743. The van der Waals surface area contributed by atoms with E-state index in [0.717, 1.165) is 24.1 Å². The van der Waals surface area contributed by atoms with E-state index in [4.69, 9.17) is 4.74 Å². The molecule has 4 nitrogen and oxygen atoms in total. The zero-order chi connectivity index (χ0) is 12.3. The molecule has 0 aliphatic heterocycles. The molecule has 0 bridgehead atoms. The van der Waals surface area contributed by atoms with Gasteiger partial charge in [0.2, 0.25) is 0 Å². The molecule has 4 heteroatoms. The molecule has 0 spiro atoms. The van der Waals surface area contributed by atoms with Crippen LogP contribution in [0.2, 0.25) is 0 Å². The van der Waals surface area contributed by atoms with Crippen LogP contribution in [-0.4, -0.2) is 22.3 Å². The standard InChI is InChI=1S/C13H16N2O2/c1-10(2)8-17-9-11-3-4-15-12(7-16)6-14-13(15)5-11/h3-7,10H,8-9H2,1-2H3. The summed E-state index contributed by atoms with van der Waals surface area (Å²) in [6.45, 7) is 5.57. The van der Waals surface area contributed by atoms with Crippen molar-refractivity contribution in [1.82, 2.24) is 9.38 Å². The van der Waals surface area contributed by atoms with Gasteiger partial charge in [-0.15, -0.1) is 0 Å². The number of rotatable bonds is 5. The molecular weight excluding hydrogens is 216 g/mol. The largest absolute Gasteiger partial charge is 0.377 e. The molecule has 0 radical (unpaired) electrons. The van der Waals surface area contributed by atoms with E-state index in [1.807, 2.05) is 18.3 Å². The van der Waals surface area contributed by atoms with Gasteiger partial charge in [-0.2, -0.15) is 0 Å². The highest BCUT2D eigenvalue weighted by atomic mass is 16.5. The first-order valence-corrected chi connectivity index (χ1v) is 5.69. The van der Waals surface area contributed by atoms with Gasteiger partial charge in [-0.3, -0.25) is 9.20 Å². The number of carbonyl (C=O) groups is 1. The fourth-order valence-electron chi connectivity index (χ4n) is 1.63. The van der Waals surface area contributed by atoms with Gasteiger partial charge >= 0.3 is 0 Å². The van der Waals surface area contributed by atoms with E-state index in [2.05, 4.69) is 18.8 Å². The van der Waals surface area contributed by atoms with Crippen LogP contribution < -0.4 is 0 Å². The first kappa shape index (κ1) is 11.8. The normalized spacial score (nSPS) is 11.2. The second kappa shape index (κ2) is 5.10. The maximum absolute atomic E-state index is 10.7. The van der Waals surface area contributed by atoms with Crippen molar-refractivity contribution in [2.45, 2.75) is 20.5 Å². The Hall–Kier alpha value is -1.68. The molecule has 0 saturated carbocycles. The summed E-state index contributed by atoms with van der Waals surface area (Å²) in [5, 5.41) is 0. The molecule has 2 heterocycles. The van der Waals surface area contributed by atoms with Crippen LogP contribution in [0.4, 0.5) is 0 Å². The predicted molar refractivity (Wildman–Crippen MR) is 65.1 cm³/mol. The van der Waals surface area contributed by atoms with Crippen molar-refractivity contribution in [3.63, 3.8) is 0 Å². The van der Waals surface area contributed by atoms with E-state index >= 15 is 0 Å². The SMILES string of the molecule is CC(C)COCc1ccn2c(C=O)cnc2c1. The lowest BCUT2D eigenvalue weighted by molar-refractivity contribution is 0.0971. The van der Waals surface area contributed by atoms with Gasteiger partial charge in [0.05, 0.1) is 12.8 Å². The van der Waals surface area contributed by atoms with Crippen LogP contribution >= 0.6 is 0 Å². The molecule has 0 aliphatic carbocycles. The number of aromatic nitrogens is 2. The number of carbonyl (C=O) groups excluding carboxylic acids is 1. The van der Waals surface area contributed by atoms with Crippen LogP contribution in [0.25, 0.3) is 5.65 Å². The lowest BCUT2D eigenvalue weighted by Gasteiger charge is -2.07. The highest BCUT2D eigenvalue weighted by Crippen LogP contribution is 2.09. The summed E-state index contributed by atoms with van der Waals surface area (Å²) in [5.74, 6) is 0.534. The first-order valence-electron chi connectivity index (χ1n) is 5.69. The van der Waals surface area contributed by atoms with E-state index in [9.17, 15) is 4.79 Å². The minimum Gasteiger partial charge on any atom is -0.377 e. The Morgan fingerprint density at radius 3 is 3.06 bits per heavy atom. The minimum absolute atomic E-state index is 0.534. The fraction of sp³-hybridized carbons (Fsp3) is 0.385. The zero-order valence-electron chi connectivity index (χ0n) is 10.1. The van der Waals surface area contributed by atoms with Gasteiger partial charge in [0.15, 0.2) is 6.29 Å². The first-order chi connectivity index (χ1) is 8.20. The number of pyridine rings is 1. The van der Waals surface area contributed by atoms with Crippen molar-refractivity contribution >= 4 is 11.9 Å². The van der Waals surface area contributed by atoms with Crippen LogP contribution in [0.3, 0.4) is 0 Å². The number of hydrogen-bond donors (Lipinski definition) is 0. The molecule has 2 aromatic rings. The van der Waals surface area contributed by atoms with Gasteiger partial charge < -0.3 is 4.74 Å². The Labute approximate surface area is 100 Å². The van der Waals surface area contributed by atoms with Crippen molar-refractivity contribution in [2.75, 3.05) is 6.61 Å². The molecule has 0 N–H and O–H groups in total. The third-order valence-electron chi connectivity index (χ3n) is 2.45. The van der Waals surface area contributed by atoms with Gasteiger partial charge in [0.25, 0.3) is 0 Å². The molecule has 0 fully saturated rings. The Morgan fingerprint density at radius 1 is 1.53 bits per heavy atom. The van der Waals surface area contributed by atoms with Gasteiger partial charge in [-0.1, -0.05) is 13.8 Å². The molecule has 17 heavy (non-hydrogen) atoms. The molecule has 0 unspecified atom stereocenters. The van der Waals surface area contributed by atoms with E-state index in [1.165, 1.54) is 0 Å². The highest BCUT2D eigenvalue weighted by molar-refractivity contribution is 5.73. The second-order valence-electron chi connectivity index (χ2n) is 4.47. The maximum Gasteiger partial charge on any atom is 0.168 e. The molecule has 90 valence electrons. The van der Waals surface area contributed by atoms with Crippen molar-refractivity contribution < 1.29 is 9.53 Å². The smallest absolute Gasteiger partial charge is 0.168 e. The van der Waals surface area contributed by atoms with Crippen molar-refractivity contribution in [1.29, 1.82) is 0 Å². The van der Waals surface area contributed by atoms with Crippen molar-refractivity contribution in [3.05, 3.63) is 35.8 Å². The summed E-state index contributed by atoms with van der Waals surface area (Å²) < 4.78 is 7.32. The summed E-state index contributed by atoms with van der Waals surface area (Å²) in [7, 11) is 0. The van der Waals surface area contributed by atoms with Gasteiger partial charge in [-0.05, 0) is 23.6 Å². The Morgan fingerprint density at radius 2 is 2.35 bits per heavy atom. The van der Waals surface area contributed by atoms with Crippen LogP contribution in [0.15, 0.2) is 24.5 Å². The topological polar surface area (TPSA) is 43.6 Å². The predicted octanol–water partition coefficient (Wildman–Crippen LogP) is 2.32. The van der Waals surface area contributed by atoms with Gasteiger partial charge in [-0.25, -0.2) is 4.98 Å². The van der Waals surface area contributed by atoms with E-state index in [-0.39, 0.29) is 0 Å². The molecule has 0 amide bonds. The van der Waals surface area contributed by atoms with Gasteiger partial charge in [0.1, 0.15) is 11.3 Å². The number of hydrogen-bond acceptors (Lipinski definition) is 3. The summed E-state index contributed by atoms with van der Waals surface area (Å²) >= 11 is 0. The molecular formula is C13H16N2O2. The van der Waals surface area contributed by atoms with E-state index < -0.39 is 0 Å². The summed E-state index contributed by atoms with van der Waals surface area (Å²) in [4.78, 5) is 14.9. The highest BCUT2D eigenvalue weighted by Gasteiger charge is 2.03. The number of ether oxygens (including phenoxy) is 1. The van der Waals surface area contributed by atoms with E-state index in [1.54, 1.807) is 10.6 Å². The molecule has 2 aromatic heterocycles. The summed E-state index contributed by atoms with van der Waals surface area (Å²) in [5.41, 5.74) is 2.41. The number of nitrogens with zero attached hydrogens (tertiary/aromatic N) is 2. The minimum atomic E-state index is 0.534. The fourth-order valence-corrected chi connectivity index (χ4v) is 1.63. The van der Waals surface area contributed by atoms with E-state index in [0.29, 0.717) is 18.2 Å². The zero-order valence-corrected chi connectivity index (χ0v) is 10.1. The van der Waals surface area contributed by atoms with Gasteiger partial charge in [0, 0.05) is 12.8 Å². The van der Waals surface area contributed by atoms with Crippen LogP contribution in [-0.2, 0) is 11.3 Å². The monoisotopic (exact) mass is 232 g/mol. The van der Waals surface area contributed by atoms with Crippen LogP contribution in [0.5, 0.6) is 0 Å². The summed E-state index contributed by atoms with van der Waals surface area (Å²) in [6, 6.07) is 3.88. The molecule has 0 aliphatic rings. The summed E-state index contributed by atoms with van der Waals surface area (Å²) in [6.07, 6.45) is 4.22. The number of imidazole rings is 1. The lowest BCUT2D eigenvalue weighted by Crippen LogP contribution is -2.02. The molecule has 0 aromatic carbocycles. The van der Waals surface area contributed by atoms with Crippen LogP contribution in [0.1, 0.15) is 29.9 Å². The third kappa shape index (κ3) is 2.71. The maximum atomic E-state index is 10.7. The Balaban J connectivity index is 2.12. The molecule has 0 atom stereocenters. The second-order valence-corrected chi connectivity index (χ2v) is 4.47. The lowest BCUT2D eigenvalue weighted by atomic mass is 10.2.